The van der Waals surface area contributed by atoms with E-state index in [1.807, 2.05) is 0 Å². The highest BCUT2D eigenvalue weighted by molar-refractivity contribution is 7.99. The molecule has 0 aliphatic carbocycles. The molecule has 0 atom stereocenters. The Morgan fingerprint density at radius 3 is 2.84 bits per heavy atom. The number of hydrogen-bond acceptors (Lipinski definition) is 4. The number of aromatic nitrogens is 2. The highest BCUT2D eigenvalue weighted by Crippen LogP contribution is 2.25. The minimum absolute atomic E-state index is 0.211. The molecule has 1 aromatic heterocycles. The minimum atomic E-state index is -0.326. The molecule has 0 bridgehead atoms. The lowest BCUT2D eigenvalue weighted by Gasteiger charge is -2.07. The Labute approximate surface area is 112 Å². The van der Waals surface area contributed by atoms with Crippen LogP contribution >= 0.6 is 11.8 Å². The second kappa shape index (κ2) is 4.70. The normalized spacial score (nSPS) is 13.5. The van der Waals surface area contributed by atoms with Gasteiger partial charge in [0.1, 0.15) is 5.82 Å². The Kier molecular flexibility index (Phi) is 3.02. The molecule has 0 radical (unpaired) electrons. The molecule has 1 aromatic carbocycles. The summed E-state index contributed by atoms with van der Waals surface area (Å²) in [5.41, 5.74) is 0.816. The molecule has 2 heterocycles. The van der Waals surface area contributed by atoms with Gasteiger partial charge >= 0.3 is 0 Å². The highest BCUT2D eigenvalue weighted by atomic mass is 32.2. The molecule has 0 saturated carbocycles. The molecule has 1 N–H and O–H groups in total. The van der Waals surface area contributed by atoms with Crippen LogP contribution in [0.1, 0.15) is 11.1 Å². The maximum Gasteiger partial charge on any atom is 0.261 e. The van der Waals surface area contributed by atoms with E-state index < -0.39 is 0 Å². The van der Waals surface area contributed by atoms with Crippen molar-refractivity contribution in [1.82, 2.24) is 9.55 Å². The van der Waals surface area contributed by atoms with Crippen LogP contribution < -0.4 is 5.56 Å². The topological polar surface area (TPSA) is 55.1 Å². The van der Waals surface area contributed by atoms with E-state index in [-0.39, 0.29) is 29.2 Å². The van der Waals surface area contributed by atoms with Crippen LogP contribution in [0.25, 0.3) is 0 Å². The summed E-state index contributed by atoms with van der Waals surface area (Å²) in [4.78, 5) is 16.3. The van der Waals surface area contributed by atoms with Crippen molar-refractivity contribution in [2.45, 2.75) is 18.1 Å². The largest absolute Gasteiger partial charge is 0.493 e. The van der Waals surface area contributed by atoms with Crippen LogP contribution in [0.15, 0.2) is 34.2 Å². The molecule has 0 saturated heterocycles. The first kappa shape index (κ1) is 12.2. The summed E-state index contributed by atoms with van der Waals surface area (Å²) >= 11 is 1.46. The van der Waals surface area contributed by atoms with E-state index in [4.69, 9.17) is 0 Å². The van der Waals surface area contributed by atoms with Crippen molar-refractivity contribution in [3.05, 3.63) is 51.6 Å². The van der Waals surface area contributed by atoms with Gasteiger partial charge in [-0.15, -0.1) is 0 Å². The van der Waals surface area contributed by atoms with Crippen molar-refractivity contribution in [2.24, 2.45) is 0 Å². The van der Waals surface area contributed by atoms with Crippen LogP contribution in [0.5, 0.6) is 5.88 Å². The zero-order valence-corrected chi connectivity index (χ0v) is 10.8. The van der Waals surface area contributed by atoms with E-state index in [9.17, 15) is 14.3 Å². The zero-order chi connectivity index (χ0) is 13.4. The van der Waals surface area contributed by atoms with Crippen LogP contribution in [0, 0.1) is 5.82 Å². The summed E-state index contributed by atoms with van der Waals surface area (Å²) in [6, 6.07) is 5.86. The van der Waals surface area contributed by atoms with Crippen LogP contribution in [0.2, 0.25) is 0 Å². The zero-order valence-electron chi connectivity index (χ0n) is 9.97. The lowest BCUT2D eigenvalue weighted by atomic mass is 10.1. The van der Waals surface area contributed by atoms with Crippen molar-refractivity contribution < 1.29 is 9.50 Å². The number of aromatic hydroxyl groups is 1. The molecule has 4 nitrogen and oxygen atoms in total. The van der Waals surface area contributed by atoms with Gasteiger partial charge in [0.15, 0.2) is 5.16 Å². The van der Waals surface area contributed by atoms with Crippen LogP contribution in [0.4, 0.5) is 4.39 Å². The van der Waals surface area contributed by atoms with Gasteiger partial charge in [-0.3, -0.25) is 9.36 Å². The van der Waals surface area contributed by atoms with Crippen LogP contribution in [-0.4, -0.2) is 20.4 Å². The van der Waals surface area contributed by atoms with Gasteiger partial charge in [-0.25, -0.2) is 4.39 Å². The Morgan fingerprint density at radius 1 is 1.37 bits per heavy atom. The fraction of sp³-hybridized carbons (Fsp3) is 0.231. The number of fused-ring (bicyclic) bond motifs is 1. The first-order chi connectivity index (χ1) is 9.15. The lowest BCUT2D eigenvalue weighted by molar-refractivity contribution is 0.428. The van der Waals surface area contributed by atoms with E-state index in [2.05, 4.69) is 4.98 Å². The maximum atomic E-state index is 12.8. The fourth-order valence-electron chi connectivity index (χ4n) is 2.06. The fourth-order valence-corrected chi connectivity index (χ4v) is 3.00. The number of thioether (sulfide) groups is 1. The first-order valence-electron chi connectivity index (χ1n) is 5.85. The van der Waals surface area contributed by atoms with Crippen LogP contribution in [-0.2, 0) is 13.0 Å². The van der Waals surface area contributed by atoms with Gasteiger partial charge in [0.2, 0.25) is 5.88 Å². The first-order valence-corrected chi connectivity index (χ1v) is 6.83. The molecule has 1 aliphatic rings. The summed E-state index contributed by atoms with van der Waals surface area (Å²) in [6.07, 6.45) is 0.253. The predicted octanol–water partition coefficient (Wildman–Crippen LogP) is 1.78. The molecule has 6 heteroatoms. The summed E-state index contributed by atoms with van der Waals surface area (Å²) in [5.74, 6) is 0.241. The number of rotatable bonds is 2. The van der Waals surface area contributed by atoms with Gasteiger partial charge in [0, 0.05) is 18.7 Å². The Bertz CT molecular complexity index is 682. The number of benzene rings is 1. The second-order valence-corrected chi connectivity index (χ2v) is 5.37. The molecule has 0 spiro atoms. The molecule has 0 unspecified atom stereocenters. The molecule has 0 fully saturated rings. The Morgan fingerprint density at radius 2 is 2.11 bits per heavy atom. The van der Waals surface area contributed by atoms with Crippen LogP contribution in [0.3, 0.4) is 0 Å². The SMILES string of the molecule is O=c1c(Cc2ccc(F)cc2)c(O)nc2n1CCS2. The van der Waals surface area contributed by atoms with Gasteiger partial charge < -0.3 is 5.11 Å². The van der Waals surface area contributed by atoms with Gasteiger partial charge in [-0.1, -0.05) is 23.9 Å². The maximum absolute atomic E-state index is 12.8. The highest BCUT2D eigenvalue weighted by Gasteiger charge is 2.20. The standard InChI is InChI=1S/C13H11FN2O2S/c14-9-3-1-8(2-4-9)7-10-11(17)15-13-16(12(10)18)5-6-19-13/h1-4,17H,5-7H2. The summed E-state index contributed by atoms with van der Waals surface area (Å²) in [5, 5.41) is 10.4. The summed E-state index contributed by atoms with van der Waals surface area (Å²) in [7, 11) is 0. The lowest BCUT2D eigenvalue weighted by Crippen LogP contribution is -2.24. The number of hydrogen-bond donors (Lipinski definition) is 1. The number of halogens is 1. The van der Waals surface area contributed by atoms with Gasteiger partial charge in [-0.05, 0) is 17.7 Å². The number of nitrogens with zero attached hydrogens (tertiary/aromatic N) is 2. The van der Waals surface area contributed by atoms with Crippen molar-refractivity contribution in [2.75, 3.05) is 5.75 Å². The third kappa shape index (κ3) is 2.23. The van der Waals surface area contributed by atoms with Gasteiger partial charge in [0.05, 0.1) is 5.56 Å². The van der Waals surface area contributed by atoms with E-state index in [1.54, 1.807) is 16.7 Å². The Hall–Kier alpha value is -1.82. The summed E-state index contributed by atoms with van der Waals surface area (Å²) in [6.45, 7) is 0.614. The third-order valence-corrected chi connectivity index (χ3v) is 4.00. The van der Waals surface area contributed by atoms with Gasteiger partial charge in [-0.2, -0.15) is 4.98 Å². The van der Waals surface area contributed by atoms with E-state index in [0.29, 0.717) is 11.7 Å². The third-order valence-electron chi connectivity index (χ3n) is 3.05. The molecule has 19 heavy (non-hydrogen) atoms. The monoisotopic (exact) mass is 278 g/mol. The molecule has 0 amide bonds. The van der Waals surface area contributed by atoms with Crippen molar-refractivity contribution in [3.8, 4) is 5.88 Å². The second-order valence-electron chi connectivity index (χ2n) is 4.31. The molecule has 98 valence electrons. The molecule has 1 aliphatic heterocycles. The average molecular weight is 278 g/mol. The summed E-state index contributed by atoms with van der Waals surface area (Å²) < 4.78 is 14.4. The Balaban J connectivity index is 2.02. The smallest absolute Gasteiger partial charge is 0.261 e. The van der Waals surface area contributed by atoms with Crippen molar-refractivity contribution in [1.29, 1.82) is 0 Å². The molecule has 3 rings (SSSR count). The van der Waals surface area contributed by atoms with E-state index in [0.717, 1.165) is 11.3 Å². The van der Waals surface area contributed by atoms with E-state index >= 15 is 0 Å². The average Bonchev–Trinajstić information content (AvgIpc) is 2.85. The van der Waals surface area contributed by atoms with Crippen molar-refractivity contribution in [3.63, 3.8) is 0 Å². The van der Waals surface area contributed by atoms with Gasteiger partial charge in [0.25, 0.3) is 5.56 Å². The minimum Gasteiger partial charge on any atom is -0.493 e. The predicted molar refractivity (Wildman–Crippen MR) is 70.1 cm³/mol. The quantitative estimate of drug-likeness (QED) is 0.851. The molecular formula is C13H11FN2O2S. The van der Waals surface area contributed by atoms with E-state index in [1.165, 1.54) is 23.9 Å². The molecule has 2 aromatic rings. The molecular weight excluding hydrogens is 267 g/mol. The van der Waals surface area contributed by atoms with Crippen molar-refractivity contribution >= 4 is 11.8 Å².